The summed E-state index contributed by atoms with van der Waals surface area (Å²) in [6.45, 7) is 0. The van der Waals surface area contributed by atoms with Gasteiger partial charge in [0, 0.05) is 18.8 Å². The minimum atomic E-state index is -4.38. The number of benzene rings is 2. The first-order chi connectivity index (χ1) is 15.9. The van der Waals surface area contributed by atoms with Gasteiger partial charge in [-0.2, -0.15) is 13.2 Å². The Morgan fingerprint density at radius 2 is 1.74 bits per heavy atom. The summed E-state index contributed by atoms with van der Waals surface area (Å²) >= 11 is 0. The highest BCUT2D eigenvalue weighted by atomic mass is 19.4. The minimum Gasteiger partial charge on any atom is -0.480 e. The van der Waals surface area contributed by atoms with Gasteiger partial charge in [-0.1, -0.05) is 37.1 Å². The molecule has 1 aliphatic rings. The third kappa shape index (κ3) is 5.92. The number of unbranched alkanes of at least 4 members (excludes halogenated alkanes) is 1. The number of hydrogen-bond acceptors (Lipinski definition) is 5. The molecule has 2 aromatic rings. The van der Waals surface area contributed by atoms with E-state index in [2.05, 4.69) is 4.90 Å². The zero-order valence-electron chi connectivity index (χ0n) is 19.0. The molecule has 184 valence electrons. The molecule has 0 saturated heterocycles. The molecule has 34 heavy (non-hydrogen) atoms. The van der Waals surface area contributed by atoms with Crippen molar-refractivity contribution in [1.82, 2.24) is 0 Å². The van der Waals surface area contributed by atoms with E-state index < -0.39 is 30.4 Å². The Morgan fingerprint density at radius 1 is 1.09 bits per heavy atom. The van der Waals surface area contributed by atoms with Crippen LogP contribution in [0.3, 0.4) is 0 Å². The fraction of sp³-hybridized carbons (Fsp3) is 0.458. The summed E-state index contributed by atoms with van der Waals surface area (Å²) in [5.74, 6) is -1.25. The Hall–Kier alpha value is -2.56. The SMILES string of the molecule is CN(c1cccc(-c2ccc(C(F)(F)F)cc2)c1)[C@H]1C[C@H]([C@@](N)(CCCCB(O)O)C(=O)O)C1. The molecule has 5 N–H and O–H groups in total. The van der Waals surface area contributed by atoms with Gasteiger partial charge in [0.2, 0.25) is 0 Å². The van der Waals surface area contributed by atoms with Gasteiger partial charge < -0.3 is 25.8 Å². The predicted molar refractivity (Wildman–Crippen MR) is 125 cm³/mol. The van der Waals surface area contributed by atoms with Gasteiger partial charge in [-0.15, -0.1) is 0 Å². The maximum Gasteiger partial charge on any atom is 0.451 e. The molecule has 1 fully saturated rings. The van der Waals surface area contributed by atoms with Crippen molar-refractivity contribution in [2.75, 3.05) is 11.9 Å². The van der Waals surface area contributed by atoms with Crippen molar-refractivity contribution in [3.63, 3.8) is 0 Å². The summed E-state index contributed by atoms with van der Waals surface area (Å²) in [5, 5.41) is 27.7. The predicted octanol–water partition coefficient (Wildman–Crippen LogP) is 4.01. The van der Waals surface area contributed by atoms with Gasteiger partial charge in [0.1, 0.15) is 5.54 Å². The van der Waals surface area contributed by atoms with Gasteiger partial charge in [0.05, 0.1) is 5.56 Å². The van der Waals surface area contributed by atoms with Gasteiger partial charge >= 0.3 is 19.3 Å². The fourth-order valence-electron chi connectivity index (χ4n) is 4.52. The lowest BCUT2D eigenvalue weighted by atomic mass is 9.65. The normalized spacial score (nSPS) is 19.7. The van der Waals surface area contributed by atoms with Crippen LogP contribution in [0.15, 0.2) is 48.5 Å². The number of nitrogens with two attached hydrogens (primary N) is 1. The molecule has 0 heterocycles. The second-order valence-corrected chi connectivity index (χ2v) is 9.13. The first kappa shape index (κ1) is 26.1. The van der Waals surface area contributed by atoms with Crippen molar-refractivity contribution in [2.45, 2.75) is 56.2 Å². The average Bonchev–Trinajstić information content (AvgIpc) is 2.75. The van der Waals surface area contributed by atoms with Crippen LogP contribution in [0.2, 0.25) is 6.32 Å². The Labute approximate surface area is 197 Å². The van der Waals surface area contributed by atoms with Crippen LogP contribution in [0.4, 0.5) is 18.9 Å². The first-order valence-electron chi connectivity index (χ1n) is 11.3. The lowest BCUT2D eigenvalue weighted by Gasteiger charge is -2.48. The summed E-state index contributed by atoms with van der Waals surface area (Å²) in [7, 11) is 0.506. The van der Waals surface area contributed by atoms with Crippen LogP contribution < -0.4 is 10.6 Å². The third-order valence-electron chi connectivity index (χ3n) is 6.89. The summed E-state index contributed by atoms with van der Waals surface area (Å²) in [6.07, 6.45) is -1.75. The maximum atomic E-state index is 12.8. The number of hydrogen-bond donors (Lipinski definition) is 4. The van der Waals surface area contributed by atoms with E-state index in [9.17, 15) is 23.1 Å². The molecular weight excluding hydrogens is 448 g/mol. The largest absolute Gasteiger partial charge is 0.480 e. The maximum absolute atomic E-state index is 12.8. The Bertz CT molecular complexity index is 981. The summed E-state index contributed by atoms with van der Waals surface area (Å²) < 4.78 is 38.5. The van der Waals surface area contributed by atoms with Gasteiger partial charge in [-0.3, -0.25) is 4.79 Å². The van der Waals surface area contributed by atoms with Crippen LogP contribution in [-0.2, 0) is 11.0 Å². The van der Waals surface area contributed by atoms with Crippen molar-refractivity contribution in [1.29, 1.82) is 0 Å². The molecule has 0 spiro atoms. The lowest BCUT2D eigenvalue weighted by Crippen LogP contribution is -2.61. The van der Waals surface area contributed by atoms with E-state index in [4.69, 9.17) is 15.8 Å². The van der Waals surface area contributed by atoms with Crippen LogP contribution in [0.25, 0.3) is 11.1 Å². The molecule has 1 atom stereocenters. The van der Waals surface area contributed by atoms with E-state index in [1.807, 2.05) is 31.3 Å². The van der Waals surface area contributed by atoms with E-state index in [0.717, 1.165) is 23.4 Å². The number of aliphatic carboxylic acids is 1. The molecule has 2 aromatic carbocycles. The summed E-state index contributed by atoms with van der Waals surface area (Å²) in [6, 6.07) is 12.6. The van der Waals surface area contributed by atoms with Gasteiger partial charge in [0.25, 0.3) is 0 Å². The van der Waals surface area contributed by atoms with Crippen molar-refractivity contribution in [2.24, 2.45) is 11.7 Å². The van der Waals surface area contributed by atoms with E-state index in [1.165, 1.54) is 12.1 Å². The van der Waals surface area contributed by atoms with Crippen molar-refractivity contribution >= 4 is 18.8 Å². The van der Waals surface area contributed by atoms with E-state index in [0.29, 0.717) is 31.2 Å². The Morgan fingerprint density at radius 3 is 2.29 bits per heavy atom. The van der Waals surface area contributed by atoms with E-state index in [-0.39, 0.29) is 24.7 Å². The number of anilines is 1. The molecule has 0 aliphatic heterocycles. The minimum absolute atomic E-state index is 0.0920. The monoisotopic (exact) mass is 478 g/mol. The number of carboxylic acids is 1. The molecule has 1 aliphatic carbocycles. The molecule has 0 radical (unpaired) electrons. The Balaban J connectivity index is 1.64. The molecule has 3 rings (SSSR count). The molecule has 0 aromatic heterocycles. The zero-order chi connectivity index (χ0) is 25.1. The van der Waals surface area contributed by atoms with Crippen LogP contribution in [0.5, 0.6) is 0 Å². The molecular formula is C24H30BF3N2O4. The van der Waals surface area contributed by atoms with E-state index in [1.54, 1.807) is 0 Å². The molecule has 10 heteroatoms. The average molecular weight is 478 g/mol. The molecule has 6 nitrogen and oxygen atoms in total. The topological polar surface area (TPSA) is 107 Å². The standard InChI is InChI=1S/C24H30BF3N2O4/c1-30(21-14-19(15-21)23(29,22(31)32)11-2-3-12-25(33)34)20-6-4-5-17(13-20)16-7-9-18(10-8-16)24(26,27)28/h4-10,13,19,21,33-34H,2-3,11-12,14-15,29H2,1H3,(H,31,32)/t19-,21-,23-/m0/s1. The number of carbonyl (C=O) groups is 1. The second kappa shape index (κ2) is 10.4. The highest BCUT2D eigenvalue weighted by molar-refractivity contribution is 6.40. The van der Waals surface area contributed by atoms with E-state index >= 15 is 0 Å². The van der Waals surface area contributed by atoms with Crippen LogP contribution in [0.1, 0.15) is 37.7 Å². The molecule has 0 unspecified atom stereocenters. The number of carboxylic acid groups (broad SMARTS) is 1. The highest BCUT2D eigenvalue weighted by Crippen LogP contribution is 2.42. The van der Waals surface area contributed by atoms with Crippen LogP contribution in [0, 0.1) is 5.92 Å². The highest BCUT2D eigenvalue weighted by Gasteiger charge is 2.49. The zero-order valence-corrected chi connectivity index (χ0v) is 19.0. The van der Waals surface area contributed by atoms with Crippen LogP contribution in [-0.4, -0.2) is 46.9 Å². The Kier molecular flexibility index (Phi) is 7.95. The summed E-state index contributed by atoms with van der Waals surface area (Å²) in [4.78, 5) is 14.0. The second-order valence-electron chi connectivity index (χ2n) is 9.13. The van der Waals surface area contributed by atoms with Crippen molar-refractivity contribution in [3.8, 4) is 11.1 Å². The van der Waals surface area contributed by atoms with Crippen LogP contribution >= 0.6 is 0 Å². The van der Waals surface area contributed by atoms with Crippen molar-refractivity contribution < 1.29 is 33.1 Å². The van der Waals surface area contributed by atoms with Gasteiger partial charge in [-0.05, 0) is 66.9 Å². The number of halogens is 3. The first-order valence-corrected chi connectivity index (χ1v) is 11.3. The lowest BCUT2D eigenvalue weighted by molar-refractivity contribution is -0.148. The quantitative estimate of drug-likeness (QED) is 0.304. The number of nitrogens with zero attached hydrogens (tertiary/aromatic N) is 1. The number of rotatable bonds is 10. The number of alkyl halides is 3. The molecule has 0 bridgehead atoms. The third-order valence-corrected chi connectivity index (χ3v) is 6.89. The summed E-state index contributed by atoms with van der Waals surface area (Å²) in [5.41, 5.74) is 6.58. The molecule has 0 amide bonds. The smallest absolute Gasteiger partial charge is 0.451 e. The van der Waals surface area contributed by atoms with Gasteiger partial charge in [0.15, 0.2) is 0 Å². The van der Waals surface area contributed by atoms with Gasteiger partial charge in [-0.25, -0.2) is 0 Å². The molecule has 1 saturated carbocycles. The fourth-order valence-corrected chi connectivity index (χ4v) is 4.52. The van der Waals surface area contributed by atoms with Crippen molar-refractivity contribution in [3.05, 3.63) is 54.1 Å².